The maximum atomic E-state index is 5.71. The highest BCUT2D eigenvalue weighted by molar-refractivity contribution is 14.0. The predicted octanol–water partition coefficient (Wildman–Crippen LogP) is 3.46. The minimum Gasteiger partial charge on any atom is -0.468 e. The largest absolute Gasteiger partial charge is 0.468 e. The molecule has 1 unspecified atom stereocenters. The fraction of sp³-hybridized carbons (Fsp3) is 0.762. The zero-order chi connectivity index (χ0) is 18.9. The summed E-state index contributed by atoms with van der Waals surface area (Å²) in [5.74, 6) is 1.92. The first-order chi connectivity index (χ1) is 13.3. The zero-order valence-electron chi connectivity index (χ0n) is 17.5. The van der Waals surface area contributed by atoms with Crippen LogP contribution in [0.2, 0.25) is 0 Å². The smallest absolute Gasteiger partial charge is 0.191 e. The van der Waals surface area contributed by atoms with Crippen LogP contribution in [0.4, 0.5) is 0 Å². The monoisotopic (exact) mass is 503 g/mol. The minimum absolute atomic E-state index is 0. The molecule has 28 heavy (non-hydrogen) atoms. The molecule has 1 atom stereocenters. The second kappa shape index (κ2) is 12.7. The fourth-order valence-electron chi connectivity index (χ4n) is 4.41. The molecule has 0 spiro atoms. The van der Waals surface area contributed by atoms with Gasteiger partial charge in [0, 0.05) is 32.7 Å². The zero-order valence-corrected chi connectivity index (χ0v) is 19.9. The average molecular weight is 503 g/mol. The third-order valence-corrected chi connectivity index (χ3v) is 6.09. The first-order valence-corrected chi connectivity index (χ1v) is 10.7. The van der Waals surface area contributed by atoms with Crippen molar-refractivity contribution in [3.8, 4) is 0 Å². The number of likely N-dealkylation sites (N-methyl/N-ethyl adjacent to an activating group) is 1. The van der Waals surface area contributed by atoms with E-state index in [2.05, 4.69) is 38.5 Å². The van der Waals surface area contributed by atoms with Gasteiger partial charge in [0.2, 0.25) is 0 Å². The maximum absolute atomic E-state index is 5.71. The molecule has 1 aromatic rings. The lowest BCUT2D eigenvalue weighted by Gasteiger charge is -2.31. The van der Waals surface area contributed by atoms with Crippen LogP contribution in [0.5, 0.6) is 0 Å². The van der Waals surface area contributed by atoms with E-state index in [1.165, 1.54) is 44.9 Å². The summed E-state index contributed by atoms with van der Waals surface area (Å²) in [6.07, 6.45) is 11.2. The summed E-state index contributed by atoms with van der Waals surface area (Å²) < 4.78 is 5.71. The Morgan fingerprint density at radius 1 is 1.21 bits per heavy atom. The molecule has 2 heterocycles. The fourth-order valence-corrected chi connectivity index (χ4v) is 4.41. The van der Waals surface area contributed by atoms with Crippen molar-refractivity contribution in [2.45, 2.75) is 57.0 Å². The van der Waals surface area contributed by atoms with Gasteiger partial charge in [-0.2, -0.15) is 0 Å². The average Bonchev–Trinajstić information content (AvgIpc) is 3.42. The van der Waals surface area contributed by atoms with E-state index in [1.807, 2.05) is 13.1 Å². The Kier molecular flexibility index (Phi) is 10.6. The van der Waals surface area contributed by atoms with E-state index in [4.69, 9.17) is 4.42 Å². The molecule has 1 aliphatic carbocycles. The maximum Gasteiger partial charge on any atom is 0.191 e. The Balaban J connectivity index is 0.00000280. The molecule has 0 radical (unpaired) electrons. The van der Waals surface area contributed by atoms with Crippen LogP contribution < -0.4 is 10.6 Å². The molecule has 7 heteroatoms. The number of aliphatic imine (C=N–C) groups is 1. The van der Waals surface area contributed by atoms with Gasteiger partial charge in [-0.1, -0.05) is 19.3 Å². The van der Waals surface area contributed by atoms with Gasteiger partial charge in [0.05, 0.1) is 12.3 Å². The molecular formula is C21H38IN5O. The first-order valence-electron chi connectivity index (χ1n) is 10.7. The quantitative estimate of drug-likeness (QED) is 0.323. The van der Waals surface area contributed by atoms with Crippen LogP contribution in [-0.2, 0) is 0 Å². The van der Waals surface area contributed by atoms with Crippen LogP contribution in [0, 0.1) is 0 Å². The Morgan fingerprint density at radius 2 is 1.96 bits per heavy atom. The highest BCUT2D eigenvalue weighted by Crippen LogP contribution is 2.25. The molecule has 1 saturated heterocycles. The van der Waals surface area contributed by atoms with Crippen LogP contribution in [0.3, 0.4) is 0 Å². The van der Waals surface area contributed by atoms with Crippen molar-refractivity contribution < 1.29 is 4.42 Å². The molecule has 6 nitrogen and oxygen atoms in total. The number of guanidine groups is 1. The van der Waals surface area contributed by atoms with Crippen LogP contribution in [0.1, 0.15) is 56.7 Å². The van der Waals surface area contributed by atoms with Gasteiger partial charge in [0.25, 0.3) is 0 Å². The number of hydrogen-bond donors (Lipinski definition) is 2. The number of nitrogens with one attached hydrogen (secondary N) is 2. The molecule has 1 saturated carbocycles. The molecule has 0 bridgehead atoms. The molecule has 0 aromatic carbocycles. The SMILES string of the molecule is CN=C(NCCN(C)C1CCCCC1)NCC(c1ccco1)N1CCCC1.I. The number of rotatable bonds is 8. The number of likely N-dealkylation sites (tertiary alicyclic amines) is 1. The van der Waals surface area contributed by atoms with Crippen molar-refractivity contribution >= 4 is 29.9 Å². The van der Waals surface area contributed by atoms with Crippen LogP contribution in [0.25, 0.3) is 0 Å². The number of halogens is 1. The van der Waals surface area contributed by atoms with Gasteiger partial charge in [0.1, 0.15) is 5.76 Å². The lowest BCUT2D eigenvalue weighted by atomic mass is 9.94. The molecular weight excluding hydrogens is 465 g/mol. The summed E-state index contributed by atoms with van der Waals surface area (Å²) >= 11 is 0. The van der Waals surface area contributed by atoms with E-state index < -0.39 is 0 Å². The van der Waals surface area contributed by atoms with Crippen LogP contribution in [-0.4, -0.2) is 68.6 Å². The van der Waals surface area contributed by atoms with Crippen LogP contribution in [0.15, 0.2) is 27.8 Å². The normalized spacial score (nSPS) is 20.2. The van der Waals surface area contributed by atoms with Crippen molar-refractivity contribution in [1.82, 2.24) is 20.4 Å². The van der Waals surface area contributed by atoms with Gasteiger partial charge in [-0.25, -0.2) is 0 Å². The minimum atomic E-state index is 0. The molecule has 2 aliphatic rings. The number of hydrogen-bond acceptors (Lipinski definition) is 4. The second-order valence-corrected chi connectivity index (χ2v) is 7.93. The molecule has 2 fully saturated rings. The van der Waals surface area contributed by atoms with Gasteiger partial charge in [-0.05, 0) is 58.0 Å². The van der Waals surface area contributed by atoms with Gasteiger partial charge < -0.3 is 20.0 Å². The Bertz CT molecular complexity index is 553. The molecule has 2 N–H and O–H groups in total. The molecule has 160 valence electrons. The lowest BCUT2D eigenvalue weighted by Crippen LogP contribution is -2.45. The van der Waals surface area contributed by atoms with Gasteiger partial charge in [-0.3, -0.25) is 9.89 Å². The standard InChI is InChI=1S/C21H37N5O.HI/c1-22-21(23-12-15-25(2)18-9-4-3-5-10-18)24-17-19(20-11-8-16-27-20)26-13-6-7-14-26;/h8,11,16,18-19H,3-7,9-10,12-15,17H2,1-2H3,(H2,22,23,24);1H. The third-order valence-electron chi connectivity index (χ3n) is 6.09. The Labute approximate surface area is 187 Å². The van der Waals surface area contributed by atoms with Gasteiger partial charge in [0.15, 0.2) is 5.96 Å². The van der Waals surface area contributed by atoms with Gasteiger partial charge >= 0.3 is 0 Å². The topological polar surface area (TPSA) is 56.0 Å². The summed E-state index contributed by atoms with van der Waals surface area (Å²) in [5.41, 5.74) is 0. The third kappa shape index (κ3) is 6.91. The van der Waals surface area contributed by atoms with Gasteiger partial charge in [-0.15, -0.1) is 24.0 Å². The summed E-state index contributed by atoms with van der Waals surface area (Å²) in [4.78, 5) is 9.42. The van der Waals surface area contributed by atoms with Crippen molar-refractivity contribution in [1.29, 1.82) is 0 Å². The van der Waals surface area contributed by atoms with E-state index in [1.54, 1.807) is 6.26 Å². The molecule has 1 aliphatic heterocycles. The molecule has 3 rings (SSSR count). The highest BCUT2D eigenvalue weighted by atomic mass is 127. The van der Waals surface area contributed by atoms with Crippen molar-refractivity contribution in [3.05, 3.63) is 24.2 Å². The second-order valence-electron chi connectivity index (χ2n) is 7.93. The number of nitrogens with zero attached hydrogens (tertiary/aromatic N) is 3. The van der Waals surface area contributed by atoms with Crippen molar-refractivity contribution in [2.75, 3.05) is 46.8 Å². The van der Waals surface area contributed by atoms with E-state index in [0.717, 1.165) is 50.5 Å². The van der Waals surface area contributed by atoms with E-state index >= 15 is 0 Å². The molecule has 1 aromatic heterocycles. The molecule has 0 amide bonds. The Morgan fingerprint density at radius 3 is 2.61 bits per heavy atom. The van der Waals surface area contributed by atoms with Crippen molar-refractivity contribution in [2.24, 2.45) is 4.99 Å². The predicted molar refractivity (Wildman–Crippen MR) is 127 cm³/mol. The summed E-state index contributed by atoms with van der Waals surface area (Å²) in [7, 11) is 4.10. The highest BCUT2D eigenvalue weighted by Gasteiger charge is 2.25. The first kappa shape index (κ1) is 23.5. The van der Waals surface area contributed by atoms with E-state index in [9.17, 15) is 0 Å². The summed E-state index contributed by atoms with van der Waals surface area (Å²) in [6, 6.07) is 5.09. The number of furan rings is 1. The summed E-state index contributed by atoms with van der Waals surface area (Å²) in [6.45, 7) is 5.07. The lowest BCUT2D eigenvalue weighted by molar-refractivity contribution is 0.194. The van der Waals surface area contributed by atoms with E-state index in [0.29, 0.717) is 0 Å². The van der Waals surface area contributed by atoms with Crippen LogP contribution >= 0.6 is 24.0 Å². The Hall–Kier alpha value is -0.800. The van der Waals surface area contributed by atoms with Crippen molar-refractivity contribution in [3.63, 3.8) is 0 Å². The summed E-state index contributed by atoms with van der Waals surface area (Å²) in [5, 5.41) is 6.99. The van der Waals surface area contributed by atoms with E-state index in [-0.39, 0.29) is 30.0 Å².